The molecule has 0 radical (unpaired) electrons. The molecule has 0 bridgehead atoms. The third-order valence-electron chi connectivity index (χ3n) is 3.58. The molecule has 2 nitrogen and oxygen atoms in total. The van der Waals surface area contributed by atoms with Gasteiger partial charge in [-0.15, -0.1) is 0 Å². The second-order valence-corrected chi connectivity index (χ2v) is 5.36. The van der Waals surface area contributed by atoms with Crippen molar-refractivity contribution in [3.63, 3.8) is 0 Å². The second kappa shape index (κ2) is 7.80. The highest BCUT2D eigenvalue weighted by atomic mass is 19.4. The van der Waals surface area contributed by atoms with Crippen molar-refractivity contribution in [2.24, 2.45) is 0 Å². The monoisotopic (exact) mass is 303 g/mol. The van der Waals surface area contributed by atoms with Gasteiger partial charge in [-0.05, 0) is 56.5 Å². The number of methoxy groups -OCH3 is 1. The first-order valence-corrected chi connectivity index (χ1v) is 7.23. The quantitative estimate of drug-likeness (QED) is 0.802. The number of halogens is 3. The highest BCUT2D eigenvalue weighted by molar-refractivity contribution is 5.34. The van der Waals surface area contributed by atoms with Gasteiger partial charge in [0.05, 0.1) is 11.7 Å². The SMILES string of the molecule is CCCNC(CC(C)OC)c1ccc(C(F)(F)F)cc1C. The summed E-state index contributed by atoms with van der Waals surface area (Å²) in [5.74, 6) is 0. The van der Waals surface area contributed by atoms with Crippen LogP contribution in [0.2, 0.25) is 0 Å². The van der Waals surface area contributed by atoms with Crippen LogP contribution in [0.5, 0.6) is 0 Å². The molecule has 2 atom stereocenters. The summed E-state index contributed by atoms with van der Waals surface area (Å²) in [4.78, 5) is 0. The summed E-state index contributed by atoms with van der Waals surface area (Å²) < 4.78 is 43.5. The highest BCUT2D eigenvalue weighted by Crippen LogP contribution is 2.32. The molecule has 21 heavy (non-hydrogen) atoms. The summed E-state index contributed by atoms with van der Waals surface area (Å²) in [7, 11) is 1.64. The molecule has 0 heterocycles. The van der Waals surface area contributed by atoms with Gasteiger partial charge < -0.3 is 10.1 Å². The van der Waals surface area contributed by atoms with Gasteiger partial charge >= 0.3 is 6.18 Å². The maximum absolute atomic E-state index is 12.7. The highest BCUT2D eigenvalue weighted by Gasteiger charge is 2.31. The van der Waals surface area contributed by atoms with Crippen LogP contribution in [0, 0.1) is 6.92 Å². The van der Waals surface area contributed by atoms with E-state index in [0.29, 0.717) is 5.56 Å². The fraction of sp³-hybridized carbons (Fsp3) is 0.625. The lowest BCUT2D eigenvalue weighted by Gasteiger charge is -2.24. The van der Waals surface area contributed by atoms with E-state index >= 15 is 0 Å². The van der Waals surface area contributed by atoms with Gasteiger partial charge in [0.1, 0.15) is 0 Å². The number of hydrogen-bond acceptors (Lipinski definition) is 2. The van der Waals surface area contributed by atoms with Crippen LogP contribution in [0.25, 0.3) is 0 Å². The van der Waals surface area contributed by atoms with Gasteiger partial charge in [0, 0.05) is 13.2 Å². The number of rotatable bonds is 7. The van der Waals surface area contributed by atoms with E-state index in [0.717, 1.165) is 31.0 Å². The van der Waals surface area contributed by atoms with E-state index in [4.69, 9.17) is 4.74 Å². The number of alkyl halides is 3. The van der Waals surface area contributed by atoms with Gasteiger partial charge in [-0.25, -0.2) is 0 Å². The van der Waals surface area contributed by atoms with Crippen LogP contribution in [-0.4, -0.2) is 19.8 Å². The van der Waals surface area contributed by atoms with Gasteiger partial charge in [-0.1, -0.05) is 13.0 Å². The smallest absolute Gasteiger partial charge is 0.382 e. The van der Waals surface area contributed by atoms with Crippen molar-refractivity contribution in [3.8, 4) is 0 Å². The fourth-order valence-corrected chi connectivity index (χ4v) is 2.31. The predicted molar refractivity (Wildman–Crippen MR) is 78.3 cm³/mol. The van der Waals surface area contributed by atoms with Gasteiger partial charge in [0.15, 0.2) is 0 Å². The Morgan fingerprint density at radius 2 is 1.95 bits per heavy atom. The summed E-state index contributed by atoms with van der Waals surface area (Å²) >= 11 is 0. The van der Waals surface area contributed by atoms with E-state index in [1.54, 1.807) is 20.1 Å². The fourth-order valence-electron chi connectivity index (χ4n) is 2.31. The maximum Gasteiger partial charge on any atom is 0.416 e. The zero-order valence-electron chi connectivity index (χ0n) is 13.1. The molecule has 1 N–H and O–H groups in total. The van der Waals surface area contributed by atoms with Crippen LogP contribution in [0.15, 0.2) is 18.2 Å². The average Bonchev–Trinajstić information content (AvgIpc) is 2.42. The molecule has 1 rings (SSSR count). The summed E-state index contributed by atoms with van der Waals surface area (Å²) in [5, 5.41) is 3.39. The Kier molecular flexibility index (Phi) is 6.68. The van der Waals surface area contributed by atoms with Crippen LogP contribution in [-0.2, 0) is 10.9 Å². The summed E-state index contributed by atoms with van der Waals surface area (Å²) in [5.41, 5.74) is 0.958. The molecule has 2 unspecified atom stereocenters. The van der Waals surface area contributed by atoms with E-state index in [-0.39, 0.29) is 12.1 Å². The Morgan fingerprint density at radius 3 is 2.43 bits per heavy atom. The summed E-state index contributed by atoms with van der Waals surface area (Å²) in [6, 6.07) is 3.95. The van der Waals surface area contributed by atoms with E-state index < -0.39 is 11.7 Å². The molecule has 120 valence electrons. The number of nitrogens with one attached hydrogen (secondary N) is 1. The average molecular weight is 303 g/mol. The Balaban J connectivity index is 3.01. The van der Waals surface area contributed by atoms with E-state index in [2.05, 4.69) is 12.2 Å². The number of aryl methyl sites for hydroxylation is 1. The summed E-state index contributed by atoms with van der Waals surface area (Å²) in [6.07, 6.45) is -2.56. The molecular weight excluding hydrogens is 279 g/mol. The van der Waals surface area contributed by atoms with E-state index in [1.807, 2.05) is 6.92 Å². The minimum absolute atomic E-state index is 0.00202. The first-order valence-electron chi connectivity index (χ1n) is 7.23. The van der Waals surface area contributed by atoms with E-state index in [1.165, 1.54) is 6.07 Å². The maximum atomic E-state index is 12.7. The molecule has 0 aliphatic rings. The largest absolute Gasteiger partial charge is 0.416 e. The van der Waals surface area contributed by atoms with Crippen molar-refractivity contribution in [1.29, 1.82) is 0 Å². The second-order valence-electron chi connectivity index (χ2n) is 5.36. The zero-order valence-corrected chi connectivity index (χ0v) is 13.1. The number of ether oxygens (including phenoxy) is 1. The van der Waals surface area contributed by atoms with Crippen LogP contribution >= 0.6 is 0 Å². The Hall–Kier alpha value is -1.07. The topological polar surface area (TPSA) is 21.3 Å². The van der Waals surface area contributed by atoms with Gasteiger partial charge in [0.2, 0.25) is 0 Å². The lowest BCUT2D eigenvalue weighted by atomic mass is 9.95. The Labute approximate surface area is 124 Å². The first kappa shape index (κ1) is 18.0. The van der Waals surface area contributed by atoms with Crippen molar-refractivity contribution in [1.82, 2.24) is 5.32 Å². The van der Waals surface area contributed by atoms with Crippen molar-refractivity contribution in [2.45, 2.75) is 51.9 Å². The number of hydrogen-bond donors (Lipinski definition) is 1. The third kappa shape index (κ3) is 5.32. The molecule has 0 spiro atoms. The molecule has 0 saturated heterocycles. The van der Waals surface area contributed by atoms with Crippen molar-refractivity contribution < 1.29 is 17.9 Å². The molecule has 0 aliphatic heterocycles. The lowest BCUT2D eigenvalue weighted by molar-refractivity contribution is -0.137. The van der Waals surface area contributed by atoms with Crippen molar-refractivity contribution in [3.05, 3.63) is 34.9 Å². The molecule has 0 amide bonds. The van der Waals surface area contributed by atoms with Crippen LogP contribution in [0.3, 0.4) is 0 Å². The van der Waals surface area contributed by atoms with Crippen LogP contribution < -0.4 is 5.32 Å². The normalized spacial score (nSPS) is 15.0. The van der Waals surface area contributed by atoms with Crippen LogP contribution in [0.4, 0.5) is 13.2 Å². The molecule has 0 aliphatic carbocycles. The minimum Gasteiger partial charge on any atom is -0.382 e. The third-order valence-corrected chi connectivity index (χ3v) is 3.58. The van der Waals surface area contributed by atoms with Crippen molar-refractivity contribution >= 4 is 0 Å². The molecule has 1 aromatic carbocycles. The predicted octanol–water partition coefficient (Wildman–Crippen LogP) is 4.48. The molecule has 0 aromatic heterocycles. The lowest BCUT2D eigenvalue weighted by Crippen LogP contribution is -2.26. The minimum atomic E-state index is -4.30. The molecule has 1 aromatic rings. The number of benzene rings is 1. The first-order chi connectivity index (χ1) is 9.79. The Bertz CT molecular complexity index is 446. The van der Waals surface area contributed by atoms with Gasteiger partial charge in [-0.3, -0.25) is 0 Å². The Morgan fingerprint density at radius 1 is 1.29 bits per heavy atom. The summed E-state index contributed by atoms with van der Waals surface area (Å²) in [6.45, 7) is 6.56. The standard InChI is InChI=1S/C16H24F3NO/c1-5-8-20-15(10-12(3)21-4)14-7-6-13(9-11(14)2)16(17,18)19/h6-7,9,12,15,20H,5,8,10H2,1-4H3. The molecule has 0 saturated carbocycles. The van der Waals surface area contributed by atoms with Gasteiger partial charge in [0.25, 0.3) is 0 Å². The van der Waals surface area contributed by atoms with Gasteiger partial charge in [-0.2, -0.15) is 13.2 Å². The molecule has 5 heteroatoms. The molecule has 0 fully saturated rings. The molecular formula is C16H24F3NO. The van der Waals surface area contributed by atoms with E-state index in [9.17, 15) is 13.2 Å². The van der Waals surface area contributed by atoms with Crippen LogP contribution in [0.1, 0.15) is 49.4 Å². The zero-order chi connectivity index (χ0) is 16.0. The van der Waals surface area contributed by atoms with Crippen molar-refractivity contribution in [2.75, 3.05) is 13.7 Å².